The fourth-order valence-electron chi connectivity index (χ4n) is 2.41. The topological polar surface area (TPSA) is 29.1 Å². The zero-order valence-corrected chi connectivity index (χ0v) is 10.5. The fourth-order valence-corrected chi connectivity index (χ4v) is 2.41. The Morgan fingerprint density at radius 1 is 1.59 bits per heavy atom. The largest absolute Gasteiger partial charge is 0.309 e. The van der Waals surface area contributed by atoms with Crippen LogP contribution in [-0.2, 0) is 11.2 Å². The zero-order chi connectivity index (χ0) is 12.1. The van der Waals surface area contributed by atoms with Gasteiger partial charge in [-0.1, -0.05) is 31.5 Å². The lowest BCUT2D eigenvalue weighted by molar-refractivity contribution is -0.119. The predicted molar refractivity (Wildman–Crippen MR) is 68.9 cm³/mol. The molecule has 0 fully saturated rings. The quantitative estimate of drug-likeness (QED) is 0.842. The zero-order valence-electron chi connectivity index (χ0n) is 10.5. The Morgan fingerprint density at radius 3 is 3.29 bits per heavy atom. The van der Waals surface area contributed by atoms with Gasteiger partial charge in [0.2, 0.25) is 0 Å². The van der Waals surface area contributed by atoms with Crippen LogP contribution in [0.15, 0.2) is 18.2 Å². The molecular formula is C15H20NO. The number of unbranched alkanes of at least 4 members (excludes halogenated alkanes) is 1. The third kappa shape index (κ3) is 3.16. The van der Waals surface area contributed by atoms with Gasteiger partial charge in [0.05, 0.1) is 0 Å². The van der Waals surface area contributed by atoms with E-state index in [1.807, 2.05) is 6.07 Å². The molecule has 1 aromatic carbocycles. The van der Waals surface area contributed by atoms with Crippen LogP contribution in [0.5, 0.6) is 0 Å². The summed E-state index contributed by atoms with van der Waals surface area (Å²) in [5, 5.41) is 3.45. The van der Waals surface area contributed by atoms with E-state index in [4.69, 9.17) is 0 Å². The van der Waals surface area contributed by atoms with E-state index in [0.29, 0.717) is 12.2 Å². The SMILES string of the molecule is CCCCC(=O)CC1NCCc2c[c]ccc21. The molecule has 2 rings (SSSR count). The monoisotopic (exact) mass is 230 g/mol. The van der Waals surface area contributed by atoms with E-state index in [2.05, 4.69) is 30.4 Å². The number of carbonyl (C=O) groups is 1. The molecule has 0 aliphatic carbocycles. The van der Waals surface area contributed by atoms with E-state index in [-0.39, 0.29) is 6.04 Å². The van der Waals surface area contributed by atoms with Crippen molar-refractivity contribution in [1.82, 2.24) is 5.32 Å². The van der Waals surface area contributed by atoms with Crippen LogP contribution in [0.4, 0.5) is 0 Å². The predicted octanol–water partition coefficient (Wildman–Crippen LogP) is 2.82. The summed E-state index contributed by atoms with van der Waals surface area (Å²) in [5.41, 5.74) is 2.64. The summed E-state index contributed by atoms with van der Waals surface area (Å²) in [6.45, 7) is 3.09. The van der Waals surface area contributed by atoms with E-state index < -0.39 is 0 Å². The summed E-state index contributed by atoms with van der Waals surface area (Å²) in [7, 11) is 0. The molecular weight excluding hydrogens is 210 g/mol. The van der Waals surface area contributed by atoms with E-state index in [1.54, 1.807) is 0 Å². The molecule has 1 radical (unpaired) electrons. The highest BCUT2D eigenvalue weighted by atomic mass is 16.1. The summed E-state index contributed by atoms with van der Waals surface area (Å²) in [6.07, 6.45) is 4.52. The third-order valence-corrected chi connectivity index (χ3v) is 3.39. The number of hydrogen-bond donors (Lipinski definition) is 1. The third-order valence-electron chi connectivity index (χ3n) is 3.39. The van der Waals surface area contributed by atoms with Gasteiger partial charge in [-0.2, -0.15) is 0 Å². The molecule has 1 atom stereocenters. The Morgan fingerprint density at radius 2 is 2.47 bits per heavy atom. The van der Waals surface area contributed by atoms with Crippen molar-refractivity contribution in [1.29, 1.82) is 0 Å². The van der Waals surface area contributed by atoms with Gasteiger partial charge < -0.3 is 5.32 Å². The summed E-state index contributed by atoms with van der Waals surface area (Å²) in [5.74, 6) is 0.380. The molecule has 17 heavy (non-hydrogen) atoms. The van der Waals surface area contributed by atoms with Crippen molar-refractivity contribution in [3.05, 3.63) is 35.4 Å². The Kier molecular flexibility index (Phi) is 4.32. The van der Waals surface area contributed by atoms with Crippen LogP contribution in [0.1, 0.15) is 49.8 Å². The van der Waals surface area contributed by atoms with Crippen molar-refractivity contribution in [3.63, 3.8) is 0 Å². The lowest BCUT2D eigenvalue weighted by Crippen LogP contribution is -2.31. The van der Waals surface area contributed by atoms with Crippen molar-refractivity contribution in [3.8, 4) is 0 Å². The molecule has 1 N–H and O–H groups in total. The number of ketones is 1. The van der Waals surface area contributed by atoms with Gasteiger partial charge in [0.25, 0.3) is 0 Å². The highest BCUT2D eigenvalue weighted by molar-refractivity contribution is 5.79. The van der Waals surface area contributed by atoms with Gasteiger partial charge >= 0.3 is 0 Å². The number of fused-ring (bicyclic) bond motifs is 1. The standard InChI is InChI=1S/C15H20NO/c1-2-3-7-13(17)11-15-14-8-5-4-6-12(14)9-10-16-15/h5-6,8,15-16H,2-3,7,9-11H2,1H3. The maximum absolute atomic E-state index is 11.8. The lowest BCUT2D eigenvalue weighted by atomic mass is 9.91. The molecule has 1 aromatic rings. The molecule has 0 aromatic heterocycles. The minimum absolute atomic E-state index is 0.220. The number of benzene rings is 1. The van der Waals surface area contributed by atoms with Gasteiger partial charge in [-0.05, 0) is 36.6 Å². The molecule has 1 aliphatic rings. The molecule has 0 saturated heterocycles. The number of hydrogen-bond acceptors (Lipinski definition) is 2. The van der Waals surface area contributed by atoms with Crippen LogP contribution in [0.2, 0.25) is 0 Å². The Bertz CT molecular complexity index is 386. The lowest BCUT2D eigenvalue weighted by Gasteiger charge is -2.26. The molecule has 0 amide bonds. The van der Waals surface area contributed by atoms with E-state index >= 15 is 0 Å². The number of carbonyl (C=O) groups excluding carboxylic acids is 1. The molecule has 91 valence electrons. The molecule has 0 saturated carbocycles. The Hall–Kier alpha value is -1.15. The van der Waals surface area contributed by atoms with E-state index in [0.717, 1.165) is 32.2 Å². The second-order valence-electron chi connectivity index (χ2n) is 4.73. The number of rotatable bonds is 5. The molecule has 2 nitrogen and oxygen atoms in total. The Labute approximate surface area is 103 Å². The van der Waals surface area contributed by atoms with Gasteiger partial charge in [0.1, 0.15) is 5.78 Å². The molecule has 0 bridgehead atoms. The Balaban J connectivity index is 2.01. The van der Waals surface area contributed by atoms with Crippen molar-refractivity contribution in [2.24, 2.45) is 0 Å². The van der Waals surface area contributed by atoms with Crippen LogP contribution < -0.4 is 5.32 Å². The molecule has 1 aliphatic heterocycles. The summed E-state index contributed by atoms with van der Waals surface area (Å²) < 4.78 is 0. The van der Waals surface area contributed by atoms with Crippen LogP contribution in [0.25, 0.3) is 0 Å². The minimum Gasteiger partial charge on any atom is -0.309 e. The average Bonchev–Trinajstić information content (AvgIpc) is 2.37. The van der Waals surface area contributed by atoms with E-state index in [1.165, 1.54) is 11.1 Å². The molecule has 1 unspecified atom stereocenters. The first kappa shape index (κ1) is 12.3. The van der Waals surface area contributed by atoms with Crippen molar-refractivity contribution in [2.45, 2.75) is 45.1 Å². The van der Waals surface area contributed by atoms with Gasteiger partial charge in [-0.3, -0.25) is 4.79 Å². The number of Topliss-reactive ketones (excluding diaryl/α,β-unsaturated/α-hetero) is 1. The minimum atomic E-state index is 0.220. The summed E-state index contributed by atoms with van der Waals surface area (Å²) in [6, 6.07) is 9.43. The van der Waals surface area contributed by atoms with Crippen LogP contribution in [0, 0.1) is 6.07 Å². The first-order valence-electron chi connectivity index (χ1n) is 6.55. The first-order valence-corrected chi connectivity index (χ1v) is 6.55. The van der Waals surface area contributed by atoms with Crippen molar-refractivity contribution in [2.75, 3.05) is 6.54 Å². The number of nitrogens with one attached hydrogen (secondary N) is 1. The molecule has 1 heterocycles. The average molecular weight is 230 g/mol. The van der Waals surface area contributed by atoms with Crippen LogP contribution in [-0.4, -0.2) is 12.3 Å². The highest BCUT2D eigenvalue weighted by Gasteiger charge is 2.21. The van der Waals surface area contributed by atoms with Gasteiger partial charge in [0.15, 0.2) is 0 Å². The first-order chi connectivity index (χ1) is 8.31. The van der Waals surface area contributed by atoms with Gasteiger partial charge in [0, 0.05) is 18.9 Å². The molecule has 0 spiro atoms. The summed E-state index contributed by atoms with van der Waals surface area (Å²) >= 11 is 0. The second kappa shape index (κ2) is 5.97. The maximum atomic E-state index is 11.8. The molecule has 2 heteroatoms. The summed E-state index contributed by atoms with van der Waals surface area (Å²) in [4.78, 5) is 11.8. The highest BCUT2D eigenvalue weighted by Crippen LogP contribution is 2.25. The van der Waals surface area contributed by atoms with Crippen molar-refractivity contribution < 1.29 is 4.79 Å². The van der Waals surface area contributed by atoms with Crippen molar-refractivity contribution >= 4 is 5.78 Å². The maximum Gasteiger partial charge on any atom is 0.134 e. The van der Waals surface area contributed by atoms with Gasteiger partial charge in [-0.15, -0.1) is 0 Å². The normalized spacial score (nSPS) is 18.8. The van der Waals surface area contributed by atoms with Gasteiger partial charge in [-0.25, -0.2) is 0 Å². The smallest absolute Gasteiger partial charge is 0.134 e. The van der Waals surface area contributed by atoms with Crippen LogP contribution >= 0.6 is 0 Å². The van der Waals surface area contributed by atoms with E-state index in [9.17, 15) is 4.79 Å². The second-order valence-corrected chi connectivity index (χ2v) is 4.73. The van der Waals surface area contributed by atoms with Crippen LogP contribution in [0.3, 0.4) is 0 Å². The fraction of sp³-hybridized carbons (Fsp3) is 0.533.